The van der Waals surface area contributed by atoms with Gasteiger partial charge in [-0.25, -0.2) is 4.98 Å². The number of aryl methyl sites for hydroxylation is 1. The van der Waals surface area contributed by atoms with E-state index in [2.05, 4.69) is 25.5 Å². The van der Waals surface area contributed by atoms with Crippen molar-refractivity contribution in [3.05, 3.63) is 81.3 Å². The molecular formula is C21H19ClN6OS2. The van der Waals surface area contributed by atoms with Crippen molar-refractivity contribution < 1.29 is 4.79 Å². The highest BCUT2D eigenvalue weighted by molar-refractivity contribution is 7.98. The molecular weight excluding hydrogens is 452 g/mol. The van der Waals surface area contributed by atoms with E-state index in [1.807, 2.05) is 54.0 Å². The number of halogens is 1. The molecule has 3 heterocycles. The topological polar surface area (TPSA) is 85.6 Å². The first-order chi connectivity index (χ1) is 15.1. The van der Waals surface area contributed by atoms with Crippen molar-refractivity contribution in [3.63, 3.8) is 0 Å². The largest absolute Gasteiger partial charge is 0.350 e. The van der Waals surface area contributed by atoms with Crippen LogP contribution in [0.3, 0.4) is 0 Å². The number of aromatic nitrogens is 5. The summed E-state index contributed by atoms with van der Waals surface area (Å²) in [5.41, 5.74) is 2.27. The fourth-order valence-electron chi connectivity index (χ4n) is 2.90. The Morgan fingerprint density at radius 3 is 2.94 bits per heavy atom. The lowest BCUT2D eigenvalue weighted by Crippen LogP contribution is -2.26. The third-order valence-corrected chi connectivity index (χ3v) is 6.57. The molecule has 0 fully saturated rings. The first-order valence-electron chi connectivity index (χ1n) is 9.53. The van der Waals surface area contributed by atoms with E-state index in [0.717, 1.165) is 27.4 Å². The maximum atomic E-state index is 12.4. The van der Waals surface area contributed by atoms with Gasteiger partial charge in [0.1, 0.15) is 16.5 Å². The summed E-state index contributed by atoms with van der Waals surface area (Å²) in [5, 5.41) is 15.4. The van der Waals surface area contributed by atoms with E-state index in [-0.39, 0.29) is 5.91 Å². The molecule has 1 amide bonds. The quantitative estimate of drug-likeness (QED) is 0.385. The molecule has 0 atom stereocenters. The minimum Gasteiger partial charge on any atom is -0.350 e. The number of hydrogen-bond acceptors (Lipinski definition) is 7. The van der Waals surface area contributed by atoms with Crippen LogP contribution in [0.15, 0.2) is 59.2 Å². The van der Waals surface area contributed by atoms with E-state index in [9.17, 15) is 4.79 Å². The van der Waals surface area contributed by atoms with Gasteiger partial charge in [0.15, 0.2) is 5.16 Å². The Hall–Kier alpha value is -2.75. The van der Waals surface area contributed by atoms with Crippen molar-refractivity contribution in [2.75, 3.05) is 6.54 Å². The first-order valence-corrected chi connectivity index (χ1v) is 11.8. The van der Waals surface area contributed by atoms with Crippen LogP contribution < -0.4 is 5.32 Å². The summed E-state index contributed by atoms with van der Waals surface area (Å²) in [6, 6.07) is 13.3. The lowest BCUT2D eigenvalue weighted by Gasteiger charge is -2.08. The Bertz CT molecular complexity index is 1180. The molecule has 3 aromatic heterocycles. The lowest BCUT2D eigenvalue weighted by atomic mass is 10.2. The van der Waals surface area contributed by atoms with Crippen LogP contribution in [0.2, 0.25) is 5.02 Å². The number of thiazole rings is 1. The summed E-state index contributed by atoms with van der Waals surface area (Å²) < 4.78 is 1.95. The average molecular weight is 471 g/mol. The molecule has 4 rings (SSSR count). The Kier molecular flexibility index (Phi) is 6.96. The highest BCUT2D eigenvalue weighted by Gasteiger charge is 2.15. The smallest absolute Gasteiger partial charge is 0.270 e. The summed E-state index contributed by atoms with van der Waals surface area (Å²) >= 11 is 9.10. The summed E-state index contributed by atoms with van der Waals surface area (Å²) in [7, 11) is 0. The second-order valence-corrected chi connectivity index (χ2v) is 8.91. The Labute approximate surface area is 192 Å². The number of nitrogens with one attached hydrogen (secondary N) is 1. The van der Waals surface area contributed by atoms with Crippen LogP contribution >= 0.6 is 34.7 Å². The third kappa shape index (κ3) is 5.49. The van der Waals surface area contributed by atoms with Gasteiger partial charge in [-0.15, -0.1) is 21.5 Å². The normalized spacial score (nSPS) is 10.9. The molecule has 158 valence electrons. The van der Waals surface area contributed by atoms with Gasteiger partial charge >= 0.3 is 0 Å². The van der Waals surface area contributed by atoms with Gasteiger partial charge in [0.05, 0.1) is 11.4 Å². The molecule has 0 radical (unpaired) electrons. The molecule has 7 nitrogen and oxygen atoms in total. The molecule has 0 spiro atoms. The van der Waals surface area contributed by atoms with Crippen LogP contribution in [-0.2, 0) is 12.2 Å². The van der Waals surface area contributed by atoms with E-state index in [1.54, 1.807) is 11.6 Å². The van der Waals surface area contributed by atoms with E-state index in [0.29, 0.717) is 29.4 Å². The minimum atomic E-state index is -0.179. The number of carbonyl (C=O) groups excluding carboxylic acids is 1. The zero-order chi connectivity index (χ0) is 21.6. The second kappa shape index (κ2) is 10.0. The Balaban J connectivity index is 1.35. The fourth-order valence-corrected chi connectivity index (χ4v) is 4.87. The van der Waals surface area contributed by atoms with E-state index >= 15 is 0 Å². The van der Waals surface area contributed by atoms with Gasteiger partial charge in [-0.3, -0.25) is 14.3 Å². The maximum absolute atomic E-state index is 12.4. The molecule has 1 aromatic carbocycles. The molecule has 31 heavy (non-hydrogen) atoms. The van der Waals surface area contributed by atoms with Gasteiger partial charge in [0.25, 0.3) is 5.91 Å². The minimum absolute atomic E-state index is 0.179. The van der Waals surface area contributed by atoms with Crippen molar-refractivity contribution in [2.45, 2.75) is 24.3 Å². The molecule has 0 aliphatic heterocycles. The van der Waals surface area contributed by atoms with Crippen molar-refractivity contribution >= 4 is 40.6 Å². The van der Waals surface area contributed by atoms with Crippen molar-refractivity contribution in [3.8, 4) is 5.69 Å². The van der Waals surface area contributed by atoms with Gasteiger partial charge in [-0.1, -0.05) is 35.5 Å². The van der Waals surface area contributed by atoms with Crippen LogP contribution in [0.4, 0.5) is 0 Å². The second-order valence-electron chi connectivity index (χ2n) is 6.59. The van der Waals surface area contributed by atoms with Crippen LogP contribution in [0, 0.1) is 6.92 Å². The standard InChI is InChI=1S/C21H19ClN6OS2/c1-14-26-27-21(28(14)17-7-4-5-15(22)11-17)31-13-19-25-18(12-30-19)20(29)24-10-8-16-6-2-3-9-23-16/h2-7,9,11-12H,8,10,13H2,1H3,(H,24,29). The number of nitrogens with zero attached hydrogens (tertiary/aromatic N) is 5. The molecule has 10 heteroatoms. The van der Waals surface area contributed by atoms with Crippen LogP contribution in [0.1, 0.15) is 27.0 Å². The Morgan fingerprint density at radius 1 is 1.23 bits per heavy atom. The number of hydrogen-bond donors (Lipinski definition) is 1. The van der Waals surface area contributed by atoms with Crippen LogP contribution in [0.25, 0.3) is 5.69 Å². The van der Waals surface area contributed by atoms with Crippen molar-refractivity contribution in [1.82, 2.24) is 30.0 Å². The first kappa shape index (κ1) is 21.5. The highest BCUT2D eigenvalue weighted by Crippen LogP contribution is 2.27. The average Bonchev–Trinajstić information content (AvgIpc) is 3.39. The van der Waals surface area contributed by atoms with Gasteiger partial charge in [-0.2, -0.15) is 0 Å². The lowest BCUT2D eigenvalue weighted by molar-refractivity contribution is 0.0949. The highest BCUT2D eigenvalue weighted by atomic mass is 35.5. The zero-order valence-electron chi connectivity index (χ0n) is 16.7. The van der Waals surface area contributed by atoms with Gasteiger partial charge < -0.3 is 5.32 Å². The van der Waals surface area contributed by atoms with Crippen LogP contribution in [-0.4, -0.2) is 37.2 Å². The Morgan fingerprint density at radius 2 is 2.13 bits per heavy atom. The van der Waals surface area contributed by atoms with Crippen molar-refractivity contribution in [2.24, 2.45) is 0 Å². The number of amides is 1. The third-order valence-electron chi connectivity index (χ3n) is 4.36. The van der Waals surface area contributed by atoms with Gasteiger partial charge in [0.2, 0.25) is 0 Å². The predicted octanol–water partition coefficient (Wildman–Crippen LogP) is 4.35. The summed E-state index contributed by atoms with van der Waals surface area (Å²) in [5.74, 6) is 1.18. The summed E-state index contributed by atoms with van der Waals surface area (Å²) in [6.45, 7) is 2.41. The fraction of sp³-hybridized carbons (Fsp3) is 0.190. The number of thioether (sulfide) groups is 1. The molecule has 0 aliphatic rings. The van der Waals surface area contributed by atoms with Gasteiger partial charge in [0, 0.05) is 35.3 Å². The summed E-state index contributed by atoms with van der Waals surface area (Å²) in [6.07, 6.45) is 2.42. The monoisotopic (exact) mass is 470 g/mol. The molecule has 0 saturated carbocycles. The molecule has 4 aromatic rings. The number of carbonyl (C=O) groups is 1. The number of rotatable bonds is 8. The van der Waals surface area contributed by atoms with E-state index in [1.165, 1.54) is 23.1 Å². The molecule has 0 aliphatic carbocycles. The summed E-state index contributed by atoms with van der Waals surface area (Å²) in [4.78, 5) is 21.1. The predicted molar refractivity (Wildman–Crippen MR) is 123 cm³/mol. The number of pyridine rings is 1. The molecule has 0 saturated heterocycles. The molecule has 1 N–H and O–H groups in total. The SMILES string of the molecule is Cc1nnc(SCc2nc(C(=O)NCCc3ccccn3)cs2)n1-c1cccc(Cl)c1. The maximum Gasteiger partial charge on any atom is 0.270 e. The van der Waals surface area contributed by atoms with Crippen molar-refractivity contribution in [1.29, 1.82) is 0 Å². The molecule has 0 unspecified atom stereocenters. The van der Waals surface area contributed by atoms with E-state index < -0.39 is 0 Å². The molecule has 0 bridgehead atoms. The zero-order valence-corrected chi connectivity index (χ0v) is 19.0. The van der Waals surface area contributed by atoms with Crippen LogP contribution in [0.5, 0.6) is 0 Å². The van der Waals surface area contributed by atoms with Gasteiger partial charge in [-0.05, 0) is 37.3 Å². The number of benzene rings is 1. The van der Waals surface area contributed by atoms with E-state index in [4.69, 9.17) is 11.6 Å².